The lowest BCUT2D eigenvalue weighted by molar-refractivity contribution is -0.115. The number of rotatable bonds is 5. The van der Waals surface area contributed by atoms with Crippen LogP contribution in [-0.4, -0.2) is 30.5 Å². The van der Waals surface area contributed by atoms with Crippen LogP contribution in [0.3, 0.4) is 0 Å². The summed E-state index contributed by atoms with van der Waals surface area (Å²) in [5.41, 5.74) is 1.91. The number of aromatic nitrogens is 1. The maximum Gasteiger partial charge on any atom is 0.268 e. The lowest BCUT2D eigenvalue weighted by atomic mass is 10.2. The van der Waals surface area contributed by atoms with E-state index < -0.39 is 0 Å². The zero-order chi connectivity index (χ0) is 16.9. The van der Waals surface area contributed by atoms with Gasteiger partial charge in [0, 0.05) is 22.7 Å². The topological polar surface area (TPSA) is 83.2 Å². The molecule has 0 atom stereocenters. The predicted molar refractivity (Wildman–Crippen MR) is 92.3 cm³/mol. The summed E-state index contributed by atoms with van der Waals surface area (Å²) in [6.45, 7) is -0.120. The fourth-order valence-corrected chi connectivity index (χ4v) is 2.36. The van der Waals surface area contributed by atoms with Crippen molar-refractivity contribution in [1.82, 2.24) is 10.3 Å². The van der Waals surface area contributed by atoms with E-state index in [-0.39, 0.29) is 18.4 Å². The second kappa shape index (κ2) is 6.87. The fraction of sp³-hybridized carbons (Fsp3) is 0.111. The number of carbonyl (C=O) groups is 2. The van der Waals surface area contributed by atoms with Crippen molar-refractivity contribution < 1.29 is 14.3 Å². The minimum absolute atomic E-state index is 0.120. The fourth-order valence-electron chi connectivity index (χ4n) is 2.36. The van der Waals surface area contributed by atoms with Crippen molar-refractivity contribution in [3.05, 3.63) is 60.3 Å². The molecule has 0 radical (unpaired) electrons. The third-order valence-corrected chi connectivity index (χ3v) is 3.54. The quantitative estimate of drug-likeness (QED) is 0.675. The highest BCUT2D eigenvalue weighted by atomic mass is 16.5. The number of aromatic amines is 1. The van der Waals surface area contributed by atoms with Gasteiger partial charge in [0.15, 0.2) is 0 Å². The number of anilines is 1. The number of fused-ring (bicyclic) bond motifs is 1. The van der Waals surface area contributed by atoms with Crippen molar-refractivity contribution in [2.75, 3.05) is 19.0 Å². The SMILES string of the molecule is COc1cccc(NC(=O)CNC(=O)c2cc3ccccc3[nH]2)c1. The Morgan fingerprint density at radius 1 is 1.08 bits per heavy atom. The summed E-state index contributed by atoms with van der Waals surface area (Å²) in [7, 11) is 1.56. The minimum Gasteiger partial charge on any atom is -0.497 e. The van der Waals surface area contributed by atoms with Gasteiger partial charge in [0.25, 0.3) is 5.91 Å². The van der Waals surface area contributed by atoms with Crippen LogP contribution in [0.5, 0.6) is 5.75 Å². The first-order chi connectivity index (χ1) is 11.7. The van der Waals surface area contributed by atoms with Crippen LogP contribution in [0.15, 0.2) is 54.6 Å². The molecule has 1 heterocycles. The zero-order valence-corrected chi connectivity index (χ0v) is 13.1. The monoisotopic (exact) mass is 323 g/mol. The van der Waals surface area contributed by atoms with Crippen LogP contribution in [0.2, 0.25) is 0 Å². The molecule has 0 saturated heterocycles. The Hall–Kier alpha value is -3.28. The number of H-pyrrole nitrogens is 1. The van der Waals surface area contributed by atoms with E-state index in [1.54, 1.807) is 37.4 Å². The van der Waals surface area contributed by atoms with E-state index in [2.05, 4.69) is 15.6 Å². The van der Waals surface area contributed by atoms with E-state index in [4.69, 9.17) is 4.74 Å². The van der Waals surface area contributed by atoms with E-state index in [0.29, 0.717) is 17.1 Å². The Morgan fingerprint density at radius 2 is 1.92 bits per heavy atom. The molecule has 0 saturated carbocycles. The van der Waals surface area contributed by atoms with Gasteiger partial charge < -0.3 is 20.4 Å². The van der Waals surface area contributed by atoms with E-state index in [0.717, 1.165) is 10.9 Å². The second-order valence-electron chi connectivity index (χ2n) is 5.23. The van der Waals surface area contributed by atoms with Crippen LogP contribution in [0.25, 0.3) is 10.9 Å². The van der Waals surface area contributed by atoms with E-state index in [1.807, 2.05) is 24.3 Å². The number of nitrogens with one attached hydrogen (secondary N) is 3. The molecule has 3 aromatic rings. The highest BCUT2D eigenvalue weighted by Gasteiger charge is 2.11. The molecule has 0 aliphatic rings. The molecule has 1 aromatic heterocycles. The molecule has 2 amide bonds. The molecule has 3 N–H and O–H groups in total. The Kier molecular flexibility index (Phi) is 4.47. The Bertz CT molecular complexity index is 853. The Labute approximate surface area is 138 Å². The van der Waals surface area contributed by atoms with Gasteiger partial charge in [0.2, 0.25) is 5.91 Å². The van der Waals surface area contributed by atoms with Crippen LogP contribution in [0.1, 0.15) is 10.5 Å². The molecule has 0 bridgehead atoms. The summed E-state index contributed by atoms with van der Waals surface area (Å²) in [4.78, 5) is 27.1. The minimum atomic E-state index is -0.327. The van der Waals surface area contributed by atoms with Crippen LogP contribution in [0, 0.1) is 0 Å². The van der Waals surface area contributed by atoms with Gasteiger partial charge in [-0.05, 0) is 24.3 Å². The molecule has 0 aliphatic heterocycles. The number of methoxy groups -OCH3 is 1. The van der Waals surface area contributed by atoms with Crippen LogP contribution in [0.4, 0.5) is 5.69 Å². The number of benzene rings is 2. The first-order valence-corrected chi connectivity index (χ1v) is 7.45. The Balaban J connectivity index is 1.58. The molecular weight excluding hydrogens is 306 g/mol. The number of carbonyl (C=O) groups excluding carboxylic acids is 2. The standard InChI is InChI=1S/C18H17N3O3/c1-24-14-7-4-6-13(10-14)20-17(22)11-19-18(23)16-9-12-5-2-3-8-15(12)21-16/h2-10,21H,11H2,1H3,(H,19,23)(H,20,22). The first kappa shape index (κ1) is 15.6. The number of ether oxygens (including phenoxy) is 1. The molecule has 0 spiro atoms. The number of para-hydroxylation sites is 1. The van der Waals surface area contributed by atoms with Crippen molar-refractivity contribution in [2.24, 2.45) is 0 Å². The lowest BCUT2D eigenvalue weighted by Gasteiger charge is -2.07. The zero-order valence-electron chi connectivity index (χ0n) is 13.1. The predicted octanol–water partition coefficient (Wildman–Crippen LogP) is 2.54. The number of hydrogen-bond acceptors (Lipinski definition) is 3. The van der Waals surface area contributed by atoms with Gasteiger partial charge in [-0.1, -0.05) is 24.3 Å². The van der Waals surface area contributed by atoms with Gasteiger partial charge in [-0.25, -0.2) is 0 Å². The first-order valence-electron chi connectivity index (χ1n) is 7.45. The van der Waals surface area contributed by atoms with Gasteiger partial charge in [0.05, 0.1) is 13.7 Å². The van der Waals surface area contributed by atoms with Crippen molar-refractivity contribution in [2.45, 2.75) is 0 Å². The van der Waals surface area contributed by atoms with E-state index in [9.17, 15) is 9.59 Å². The molecule has 6 nitrogen and oxygen atoms in total. The lowest BCUT2D eigenvalue weighted by Crippen LogP contribution is -2.33. The third kappa shape index (κ3) is 3.55. The second-order valence-corrected chi connectivity index (χ2v) is 5.23. The highest BCUT2D eigenvalue weighted by Crippen LogP contribution is 2.16. The van der Waals surface area contributed by atoms with Crippen molar-refractivity contribution >= 4 is 28.4 Å². The van der Waals surface area contributed by atoms with Gasteiger partial charge in [-0.15, -0.1) is 0 Å². The largest absolute Gasteiger partial charge is 0.497 e. The van der Waals surface area contributed by atoms with Crippen molar-refractivity contribution in [3.8, 4) is 5.75 Å². The van der Waals surface area contributed by atoms with Gasteiger partial charge in [0.1, 0.15) is 11.4 Å². The molecule has 24 heavy (non-hydrogen) atoms. The van der Waals surface area contributed by atoms with Gasteiger partial charge in [-0.2, -0.15) is 0 Å². The maximum absolute atomic E-state index is 12.1. The molecule has 2 aromatic carbocycles. The summed E-state index contributed by atoms with van der Waals surface area (Å²) < 4.78 is 5.10. The normalized spacial score (nSPS) is 10.4. The number of hydrogen-bond donors (Lipinski definition) is 3. The summed E-state index contributed by atoms with van der Waals surface area (Å²) in [5.74, 6) is 0.00891. The summed E-state index contributed by atoms with van der Waals surface area (Å²) in [6.07, 6.45) is 0. The van der Waals surface area contributed by atoms with Crippen molar-refractivity contribution in [3.63, 3.8) is 0 Å². The van der Waals surface area contributed by atoms with E-state index >= 15 is 0 Å². The summed E-state index contributed by atoms with van der Waals surface area (Å²) in [6, 6.07) is 16.4. The molecule has 3 rings (SSSR count). The third-order valence-electron chi connectivity index (χ3n) is 3.54. The van der Waals surface area contributed by atoms with Gasteiger partial charge in [-0.3, -0.25) is 9.59 Å². The molecule has 0 unspecified atom stereocenters. The average Bonchev–Trinajstić information content (AvgIpc) is 3.04. The smallest absolute Gasteiger partial charge is 0.268 e. The molecular formula is C18H17N3O3. The summed E-state index contributed by atoms with van der Waals surface area (Å²) in [5, 5.41) is 6.25. The van der Waals surface area contributed by atoms with Crippen molar-refractivity contribution in [1.29, 1.82) is 0 Å². The van der Waals surface area contributed by atoms with Crippen LogP contribution in [-0.2, 0) is 4.79 Å². The average molecular weight is 323 g/mol. The van der Waals surface area contributed by atoms with E-state index in [1.165, 1.54) is 0 Å². The maximum atomic E-state index is 12.1. The molecule has 0 fully saturated rings. The van der Waals surface area contributed by atoms with Crippen LogP contribution >= 0.6 is 0 Å². The molecule has 6 heteroatoms. The Morgan fingerprint density at radius 3 is 2.71 bits per heavy atom. The molecule has 0 aliphatic carbocycles. The van der Waals surface area contributed by atoms with Gasteiger partial charge >= 0.3 is 0 Å². The highest BCUT2D eigenvalue weighted by molar-refractivity contribution is 6.01. The van der Waals surface area contributed by atoms with Crippen LogP contribution < -0.4 is 15.4 Å². The summed E-state index contributed by atoms with van der Waals surface area (Å²) >= 11 is 0. The number of amides is 2. The molecule has 122 valence electrons.